The highest BCUT2D eigenvalue weighted by Gasteiger charge is 2.71. The molecule has 8 nitrogen and oxygen atoms in total. The number of aliphatic hydroxyl groups excluding tert-OH is 1. The van der Waals surface area contributed by atoms with E-state index in [9.17, 15) is 14.4 Å². The number of hydrogen-bond acceptors (Lipinski definition) is 6. The van der Waals surface area contributed by atoms with E-state index in [0.717, 1.165) is 25.7 Å². The number of hydrogen-bond donors (Lipinski definition) is 1. The number of ether oxygens (including phenoxy) is 2. The number of aliphatic hydroxyl groups is 1. The number of likely N-dealkylation sites (tertiary alicyclic amines) is 1. The second-order valence-electron chi connectivity index (χ2n) is 9.11. The maximum Gasteiger partial charge on any atom is 0.313 e. The molecule has 176 valence electrons. The quantitative estimate of drug-likeness (QED) is 0.327. The largest absolute Gasteiger partial charge is 0.461 e. The van der Waals surface area contributed by atoms with Crippen molar-refractivity contribution in [3.63, 3.8) is 0 Å². The first kappa shape index (κ1) is 23.0. The van der Waals surface area contributed by atoms with Gasteiger partial charge in [0.1, 0.15) is 24.2 Å². The standard InChI is InChI=1S/C24H34N2O6/c1-2-3-5-12-25-13-9-11-24-19(18-17(32-24)10-8-16-31-23(18)30)21(28)26(20(24)22(25)29)14-6-4-7-15-27/h8-11,17-20,27H,2-7,12-16H2,1H3/t17-,18+,19-,20?,24-/m0/s1. The molecule has 4 heterocycles. The molecule has 1 unspecified atom stereocenters. The summed E-state index contributed by atoms with van der Waals surface area (Å²) in [5.41, 5.74) is -1.17. The number of rotatable bonds is 9. The van der Waals surface area contributed by atoms with Gasteiger partial charge in [0.15, 0.2) is 0 Å². The third-order valence-corrected chi connectivity index (χ3v) is 7.09. The minimum absolute atomic E-state index is 0.0991. The van der Waals surface area contributed by atoms with E-state index in [-0.39, 0.29) is 25.0 Å². The third kappa shape index (κ3) is 3.88. The van der Waals surface area contributed by atoms with E-state index < -0.39 is 35.6 Å². The highest BCUT2D eigenvalue weighted by atomic mass is 16.6. The Kier molecular flexibility index (Phi) is 7.00. The van der Waals surface area contributed by atoms with Crippen molar-refractivity contribution in [1.29, 1.82) is 0 Å². The van der Waals surface area contributed by atoms with Crippen molar-refractivity contribution in [2.24, 2.45) is 11.8 Å². The van der Waals surface area contributed by atoms with Crippen molar-refractivity contribution in [3.05, 3.63) is 24.3 Å². The number of cyclic esters (lactones) is 1. The van der Waals surface area contributed by atoms with E-state index >= 15 is 0 Å². The Morgan fingerprint density at radius 2 is 1.88 bits per heavy atom. The number of carbonyl (C=O) groups excluding carboxylic acids is 3. The summed E-state index contributed by atoms with van der Waals surface area (Å²) in [6.07, 6.45) is 11.8. The van der Waals surface area contributed by atoms with E-state index in [1.165, 1.54) is 0 Å². The smallest absolute Gasteiger partial charge is 0.313 e. The van der Waals surface area contributed by atoms with E-state index in [1.54, 1.807) is 17.1 Å². The Morgan fingerprint density at radius 1 is 1.06 bits per heavy atom. The third-order valence-electron chi connectivity index (χ3n) is 7.09. The molecule has 8 heteroatoms. The summed E-state index contributed by atoms with van der Waals surface area (Å²) in [6, 6.07) is -0.789. The van der Waals surface area contributed by atoms with Crippen molar-refractivity contribution < 1.29 is 29.0 Å². The summed E-state index contributed by atoms with van der Waals surface area (Å²) in [4.78, 5) is 43.8. The molecule has 0 saturated carbocycles. The van der Waals surface area contributed by atoms with Gasteiger partial charge < -0.3 is 24.4 Å². The molecule has 1 spiro atoms. The van der Waals surface area contributed by atoms with Crippen molar-refractivity contribution >= 4 is 17.8 Å². The zero-order valence-electron chi connectivity index (χ0n) is 18.8. The molecule has 0 aliphatic carbocycles. The molecule has 2 saturated heterocycles. The van der Waals surface area contributed by atoms with Crippen LogP contribution in [0, 0.1) is 11.8 Å². The van der Waals surface area contributed by atoms with Crippen LogP contribution in [0.4, 0.5) is 0 Å². The fourth-order valence-corrected chi connectivity index (χ4v) is 5.58. The van der Waals surface area contributed by atoms with Crippen molar-refractivity contribution in [3.8, 4) is 0 Å². The highest BCUT2D eigenvalue weighted by Crippen LogP contribution is 2.53. The Hall–Kier alpha value is -2.19. The van der Waals surface area contributed by atoms with Crippen LogP contribution in [-0.4, -0.2) is 83.3 Å². The Morgan fingerprint density at radius 3 is 2.66 bits per heavy atom. The topological polar surface area (TPSA) is 96.4 Å². The van der Waals surface area contributed by atoms with Gasteiger partial charge in [-0.15, -0.1) is 0 Å². The van der Waals surface area contributed by atoms with E-state index in [0.29, 0.717) is 32.5 Å². The molecular formula is C24H34N2O6. The lowest BCUT2D eigenvalue weighted by molar-refractivity contribution is -0.153. The lowest BCUT2D eigenvalue weighted by Crippen LogP contribution is -2.55. The van der Waals surface area contributed by atoms with Gasteiger partial charge in [0.25, 0.3) is 0 Å². The minimum atomic E-state index is -1.17. The molecular weight excluding hydrogens is 412 g/mol. The van der Waals surface area contributed by atoms with Crippen LogP contribution in [0.1, 0.15) is 45.4 Å². The molecule has 32 heavy (non-hydrogen) atoms. The fraction of sp³-hybridized carbons (Fsp3) is 0.708. The summed E-state index contributed by atoms with van der Waals surface area (Å²) >= 11 is 0. The van der Waals surface area contributed by atoms with Gasteiger partial charge in [-0.05, 0) is 31.8 Å². The maximum absolute atomic E-state index is 13.8. The number of esters is 1. The molecule has 2 fully saturated rings. The molecule has 4 aliphatic heterocycles. The molecule has 5 atom stereocenters. The molecule has 1 N–H and O–H groups in total. The lowest BCUT2D eigenvalue weighted by Gasteiger charge is -2.35. The Balaban J connectivity index is 1.68. The summed E-state index contributed by atoms with van der Waals surface area (Å²) in [6.45, 7) is 3.89. The predicted octanol–water partition coefficient (Wildman–Crippen LogP) is 1.43. The first-order valence-electron chi connectivity index (χ1n) is 11.9. The van der Waals surface area contributed by atoms with Gasteiger partial charge in [0, 0.05) is 26.2 Å². The number of carbonyl (C=O) groups is 3. The van der Waals surface area contributed by atoms with Crippen molar-refractivity contribution in [2.75, 3.05) is 32.8 Å². The molecule has 0 aromatic heterocycles. The van der Waals surface area contributed by atoms with Crippen LogP contribution in [0.25, 0.3) is 0 Å². The zero-order chi connectivity index (χ0) is 22.7. The van der Waals surface area contributed by atoms with E-state index in [4.69, 9.17) is 14.6 Å². The van der Waals surface area contributed by atoms with Crippen LogP contribution in [0.5, 0.6) is 0 Å². The first-order chi connectivity index (χ1) is 15.5. The average Bonchev–Trinajstić information content (AvgIpc) is 3.07. The predicted molar refractivity (Wildman–Crippen MR) is 116 cm³/mol. The fourth-order valence-electron chi connectivity index (χ4n) is 5.58. The molecule has 2 amide bonds. The van der Waals surface area contributed by atoms with Crippen LogP contribution in [0.2, 0.25) is 0 Å². The second kappa shape index (κ2) is 9.75. The van der Waals surface area contributed by atoms with Crippen LogP contribution in [-0.2, 0) is 23.9 Å². The van der Waals surface area contributed by atoms with E-state index in [2.05, 4.69) is 6.92 Å². The lowest BCUT2D eigenvalue weighted by atomic mass is 9.78. The van der Waals surface area contributed by atoms with Gasteiger partial charge in [-0.1, -0.05) is 38.0 Å². The molecule has 4 aliphatic rings. The van der Waals surface area contributed by atoms with Crippen LogP contribution in [0.3, 0.4) is 0 Å². The average molecular weight is 447 g/mol. The van der Waals surface area contributed by atoms with Gasteiger partial charge in [-0.25, -0.2) is 0 Å². The van der Waals surface area contributed by atoms with E-state index in [1.807, 2.05) is 17.1 Å². The van der Waals surface area contributed by atoms with Crippen molar-refractivity contribution in [1.82, 2.24) is 9.80 Å². The summed E-state index contributed by atoms with van der Waals surface area (Å²) < 4.78 is 11.8. The molecule has 0 aromatic carbocycles. The SMILES string of the molecule is CCCCCN1CC=C[C@]23O[C@H]4C=CCOC(=O)[C@H]4[C@H]2C(=O)N(CCCCCO)C3C1=O. The highest BCUT2D eigenvalue weighted by molar-refractivity contribution is 5.99. The van der Waals surface area contributed by atoms with Gasteiger partial charge in [-0.3, -0.25) is 14.4 Å². The van der Waals surface area contributed by atoms with Gasteiger partial charge in [0.05, 0.1) is 12.0 Å². The molecule has 0 bridgehead atoms. The van der Waals surface area contributed by atoms with Gasteiger partial charge in [-0.2, -0.15) is 0 Å². The summed E-state index contributed by atoms with van der Waals surface area (Å²) in [5.74, 6) is -2.30. The van der Waals surface area contributed by atoms with Crippen LogP contribution < -0.4 is 0 Å². The van der Waals surface area contributed by atoms with Crippen molar-refractivity contribution in [2.45, 2.75) is 63.2 Å². The number of nitrogens with zero attached hydrogens (tertiary/aromatic N) is 2. The van der Waals surface area contributed by atoms with Crippen LogP contribution >= 0.6 is 0 Å². The normalized spacial score (nSPS) is 33.6. The minimum Gasteiger partial charge on any atom is -0.461 e. The Bertz CT molecular complexity index is 795. The van der Waals surface area contributed by atoms with Gasteiger partial charge >= 0.3 is 5.97 Å². The van der Waals surface area contributed by atoms with Gasteiger partial charge in [0.2, 0.25) is 11.8 Å². The number of unbranched alkanes of at least 4 members (excludes halogenated alkanes) is 4. The molecule has 0 aromatic rings. The molecule has 4 rings (SSSR count). The monoisotopic (exact) mass is 446 g/mol. The first-order valence-corrected chi connectivity index (χ1v) is 11.9. The second-order valence-corrected chi connectivity index (χ2v) is 9.11. The summed E-state index contributed by atoms with van der Waals surface area (Å²) in [7, 11) is 0. The maximum atomic E-state index is 13.8. The Labute approximate surface area is 189 Å². The zero-order valence-corrected chi connectivity index (χ0v) is 18.8. The van der Waals surface area contributed by atoms with Crippen LogP contribution in [0.15, 0.2) is 24.3 Å². The number of amides is 2. The molecule has 0 radical (unpaired) electrons. The summed E-state index contributed by atoms with van der Waals surface area (Å²) in [5, 5.41) is 9.10. The number of fused-ring (bicyclic) bond motifs is 2.